The molecule has 0 aromatic rings. The third kappa shape index (κ3) is 2.45. The van der Waals surface area contributed by atoms with E-state index in [9.17, 15) is 9.59 Å². The van der Waals surface area contributed by atoms with E-state index in [-0.39, 0.29) is 18.6 Å². The van der Waals surface area contributed by atoms with E-state index >= 15 is 0 Å². The van der Waals surface area contributed by atoms with Gasteiger partial charge in [0.25, 0.3) is 0 Å². The fraction of sp³-hybridized carbons (Fsp3) is 0.636. The van der Waals surface area contributed by atoms with Crippen LogP contribution in [0.5, 0.6) is 0 Å². The number of likely N-dealkylation sites (tertiary alicyclic amines) is 1. The highest BCUT2D eigenvalue weighted by Crippen LogP contribution is 2.29. The van der Waals surface area contributed by atoms with Gasteiger partial charge in [-0.2, -0.15) is 0 Å². The fourth-order valence-electron chi connectivity index (χ4n) is 1.63. The van der Waals surface area contributed by atoms with Crippen LogP contribution >= 0.6 is 0 Å². The van der Waals surface area contributed by atoms with Crippen molar-refractivity contribution in [3.8, 4) is 12.3 Å². The molecule has 5 nitrogen and oxygen atoms in total. The Kier molecular flexibility index (Phi) is 3.43. The standard InChI is InChI=1S/C11H16N2O3/c1-4-8(2)12-10(16)13-6-5-11(3,7-13)9(14)15/h1,8H,5-7H2,2-3H3,(H,12,16)(H,14,15). The minimum atomic E-state index is -0.868. The van der Waals surface area contributed by atoms with Crippen molar-refractivity contribution in [1.29, 1.82) is 0 Å². The minimum absolute atomic E-state index is 0.228. The first-order valence-corrected chi connectivity index (χ1v) is 5.14. The highest BCUT2D eigenvalue weighted by molar-refractivity contribution is 5.79. The van der Waals surface area contributed by atoms with E-state index in [4.69, 9.17) is 11.5 Å². The highest BCUT2D eigenvalue weighted by atomic mass is 16.4. The monoisotopic (exact) mass is 224 g/mol. The molecule has 2 unspecified atom stereocenters. The molecule has 0 aromatic heterocycles. The van der Waals surface area contributed by atoms with Gasteiger partial charge in [0.15, 0.2) is 0 Å². The summed E-state index contributed by atoms with van der Waals surface area (Å²) in [5, 5.41) is 11.6. The molecule has 16 heavy (non-hydrogen) atoms. The van der Waals surface area contributed by atoms with Crippen LogP contribution < -0.4 is 5.32 Å². The average Bonchev–Trinajstić information content (AvgIpc) is 2.62. The largest absolute Gasteiger partial charge is 0.481 e. The smallest absolute Gasteiger partial charge is 0.318 e. The quantitative estimate of drug-likeness (QED) is 0.672. The summed E-state index contributed by atoms with van der Waals surface area (Å²) < 4.78 is 0. The highest BCUT2D eigenvalue weighted by Gasteiger charge is 2.42. The van der Waals surface area contributed by atoms with Gasteiger partial charge >= 0.3 is 12.0 Å². The summed E-state index contributed by atoms with van der Waals surface area (Å²) in [6.45, 7) is 4.02. The number of nitrogens with one attached hydrogen (secondary N) is 1. The predicted molar refractivity (Wildman–Crippen MR) is 58.8 cm³/mol. The molecule has 1 aliphatic heterocycles. The lowest BCUT2D eigenvalue weighted by atomic mass is 9.90. The van der Waals surface area contributed by atoms with Crippen molar-refractivity contribution in [2.45, 2.75) is 26.3 Å². The zero-order valence-corrected chi connectivity index (χ0v) is 9.49. The predicted octanol–water partition coefficient (Wildman–Crippen LogP) is 0.514. The minimum Gasteiger partial charge on any atom is -0.481 e. The van der Waals surface area contributed by atoms with Crippen LogP contribution in [0.4, 0.5) is 4.79 Å². The number of amides is 2. The topological polar surface area (TPSA) is 69.6 Å². The van der Waals surface area contributed by atoms with E-state index in [2.05, 4.69) is 11.2 Å². The van der Waals surface area contributed by atoms with Crippen molar-refractivity contribution in [1.82, 2.24) is 10.2 Å². The molecule has 0 radical (unpaired) electrons. The van der Waals surface area contributed by atoms with Crippen molar-refractivity contribution in [2.75, 3.05) is 13.1 Å². The van der Waals surface area contributed by atoms with Gasteiger partial charge in [-0.3, -0.25) is 4.79 Å². The Balaban J connectivity index is 2.57. The normalized spacial score (nSPS) is 25.9. The van der Waals surface area contributed by atoms with Crippen LogP contribution in [0.1, 0.15) is 20.3 Å². The number of terminal acetylenes is 1. The van der Waals surface area contributed by atoms with Crippen molar-refractivity contribution in [3.63, 3.8) is 0 Å². The first-order valence-electron chi connectivity index (χ1n) is 5.14. The van der Waals surface area contributed by atoms with Gasteiger partial charge in [0.1, 0.15) is 0 Å². The number of carbonyl (C=O) groups is 2. The van der Waals surface area contributed by atoms with E-state index in [1.165, 1.54) is 4.90 Å². The molecule has 88 valence electrons. The number of hydrogen-bond donors (Lipinski definition) is 2. The first kappa shape index (κ1) is 12.4. The SMILES string of the molecule is C#CC(C)NC(=O)N1CCC(C)(C(=O)O)C1. The summed E-state index contributed by atoms with van der Waals surface area (Å²) >= 11 is 0. The Morgan fingerprint density at radius 2 is 2.25 bits per heavy atom. The molecule has 0 spiro atoms. The van der Waals surface area contributed by atoms with Crippen LogP contribution in [0.2, 0.25) is 0 Å². The molecule has 1 aliphatic rings. The molecule has 5 heteroatoms. The Hall–Kier alpha value is -1.70. The van der Waals surface area contributed by atoms with Gasteiger partial charge in [0, 0.05) is 13.1 Å². The number of aliphatic carboxylic acids is 1. The van der Waals surface area contributed by atoms with Crippen molar-refractivity contribution >= 4 is 12.0 Å². The van der Waals surface area contributed by atoms with E-state index in [1.54, 1.807) is 13.8 Å². The van der Waals surface area contributed by atoms with Gasteiger partial charge in [-0.05, 0) is 20.3 Å². The maximum absolute atomic E-state index is 11.7. The van der Waals surface area contributed by atoms with E-state index in [1.807, 2.05) is 0 Å². The molecule has 0 bridgehead atoms. The summed E-state index contributed by atoms with van der Waals surface area (Å²) in [5.74, 6) is 1.52. The van der Waals surface area contributed by atoms with Gasteiger partial charge in [0.05, 0.1) is 11.5 Å². The molecule has 2 atom stereocenters. The molecule has 0 aromatic carbocycles. The first-order chi connectivity index (χ1) is 7.39. The van der Waals surface area contributed by atoms with Crippen molar-refractivity contribution in [3.05, 3.63) is 0 Å². The Morgan fingerprint density at radius 1 is 1.62 bits per heavy atom. The van der Waals surface area contributed by atoms with Crippen LogP contribution in [0.25, 0.3) is 0 Å². The number of urea groups is 1. The summed E-state index contributed by atoms with van der Waals surface area (Å²) in [6, 6.07) is -0.639. The molecule has 1 saturated heterocycles. The maximum atomic E-state index is 11.7. The summed E-state index contributed by atoms with van der Waals surface area (Å²) in [4.78, 5) is 24.1. The van der Waals surface area contributed by atoms with Crippen LogP contribution in [-0.2, 0) is 4.79 Å². The summed E-state index contributed by atoms with van der Waals surface area (Å²) in [7, 11) is 0. The second-order valence-electron chi connectivity index (χ2n) is 4.38. The molecule has 2 N–H and O–H groups in total. The second kappa shape index (κ2) is 4.44. The fourth-order valence-corrected chi connectivity index (χ4v) is 1.63. The Bertz CT molecular complexity index is 348. The van der Waals surface area contributed by atoms with Crippen LogP contribution in [0, 0.1) is 17.8 Å². The van der Waals surface area contributed by atoms with Crippen molar-refractivity contribution in [2.24, 2.45) is 5.41 Å². The van der Waals surface area contributed by atoms with E-state index < -0.39 is 11.4 Å². The van der Waals surface area contributed by atoms with Crippen LogP contribution in [0.3, 0.4) is 0 Å². The number of carboxylic acid groups (broad SMARTS) is 1. The lowest BCUT2D eigenvalue weighted by Crippen LogP contribution is -2.43. The van der Waals surface area contributed by atoms with Crippen LogP contribution in [-0.4, -0.2) is 41.1 Å². The van der Waals surface area contributed by atoms with E-state index in [0.29, 0.717) is 13.0 Å². The number of rotatable bonds is 2. The number of nitrogens with zero attached hydrogens (tertiary/aromatic N) is 1. The zero-order valence-electron chi connectivity index (χ0n) is 9.49. The third-order valence-electron chi connectivity index (χ3n) is 2.87. The molecule has 0 aliphatic carbocycles. The molecular formula is C11H16N2O3. The molecule has 0 saturated carbocycles. The van der Waals surface area contributed by atoms with Gasteiger partial charge in [0.2, 0.25) is 0 Å². The summed E-state index contributed by atoms with van der Waals surface area (Å²) in [6.07, 6.45) is 5.62. The van der Waals surface area contributed by atoms with Crippen molar-refractivity contribution < 1.29 is 14.7 Å². The number of carbonyl (C=O) groups excluding carboxylic acids is 1. The molecule has 1 rings (SSSR count). The molecular weight excluding hydrogens is 208 g/mol. The van der Waals surface area contributed by atoms with Crippen LogP contribution in [0.15, 0.2) is 0 Å². The maximum Gasteiger partial charge on any atom is 0.318 e. The van der Waals surface area contributed by atoms with Gasteiger partial charge in [-0.15, -0.1) is 6.42 Å². The molecule has 2 amide bonds. The third-order valence-corrected chi connectivity index (χ3v) is 2.87. The van der Waals surface area contributed by atoms with Gasteiger partial charge < -0.3 is 15.3 Å². The second-order valence-corrected chi connectivity index (χ2v) is 4.38. The molecule has 1 fully saturated rings. The zero-order chi connectivity index (χ0) is 12.3. The van der Waals surface area contributed by atoms with Gasteiger partial charge in [-0.25, -0.2) is 4.79 Å². The number of carboxylic acids is 1. The average molecular weight is 224 g/mol. The number of hydrogen-bond acceptors (Lipinski definition) is 2. The lowest BCUT2D eigenvalue weighted by Gasteiger charge is -2.21. The van der Waals surface area contributed by atoms with Gasteiger partial charge in [-0.1, -0.05) is 5.92 Å². The van der Waals surface area contributed by atoms with E-state index in [0.717, 1.165) is 0 Å². The Labute approximate surface area is 94.8 Å². The lowest BCUT2D eigenvalue weighted by molar-refractivity contribution is -0.146. The molecule has 1 heterocycles. The Morgan fingerprint density at radius 3 is 2.69 bits per heavy atom. The summed E-state index contributed by atoms with van der Waals surface area (Å²) in [5.41, 5.74) is -0.837.